The minimum Gasteiger partial charge on any atom is -0.726 e. The lowest BCUT2D eigenvalue weighted by atomic mass is 10.2. The Kier molecular flexibility index (Phi) is 7.73. The Morgan fingerprint density at radius 3 is 2.37 bits per heavy atom. The Hall–Kier alpha value is -1.64. The van der Waals surface area contributed by atoms with Gasteiger partial charge in [0.2, 0.25) is 10.4 Å². The van der Waals surface area contributed by atoms with Gasteiger partial charge in [-0.25, -0.2) is 8.42 Å². The van der Waals surface area contributed by atoms with Crippen molar-refractivity contribution in [2.24, 2.45) is 5.73 Å². The van der Waals surface area contributed by atoms with E-state index in [1.54, 1.807) is 6.07 Å². The molecule has 0 spiro atoms. The van der Waals surface area contributed by atoms with Crippen LogP contribution in [0.25, 0.3) is 0 Å². The molecule has 1 aromatic carbocycles. The van der Waals surface area contributed by atoms with Crippen molar-refractivity contribution in [3.05, 3.63) is 29.8 Å². The number of nitrogens with one attached hydrogen (secondary N) is 1. The third kappa shape index (κ3) is 8.14. The average Bonchev–Trinajstić information content (AvgIpc) is 2.36. The van der Waals surface area contributed by atoms with Gasteiger partial charge in [-0.15, -0.1) is 0 Å². The summed E-state index contributed by atoms with van der Waals surface area (Å²) in [7, 11) is -3.60. The Bertz CT molecular complexity index is 502. The molecule has 0 unspecified atom stereocenters. The molecule has 0 heterocycles. The molecule has 0 aromatic heterocycles. The highest BCUT2D eigenvalue weighted by Crippen LogP contribution is 2.16. The lowest BCUT2D eigenvalue weighted by Gasteiger charge is -2.08. The summed E-state index contributed by atoms with van der Waals surface area (Å²) in [5, 5.41) is 7.31. The van der Waals surface area contributed by atoms with Gasteiger partial charge in [0, 0.05) is 0 Å². The van der Waals surface area contributed by atoms with E-state index in [0.717, 1.165) is 13.5 Å². The molecule has 0 fully saturated rings. The predicted octanol–water partition coefficient (Wildman–Crippen LogP) is 0.852. The fourth-order valence-electron chi connectivity index (χ4n) is 1.03. The van der Waals surface area contributed by atoms with Gasteiger partial charge in [-0.3, -0.25) is 9.59 Å². The van der Waals surface area contributed by atoms with Crippen LogP contribution in [-0.4, -0.2) is 32.5 Å². The van der Waals surface area contributed by atoms with E-state index in [0.29, 0.717) is 17.9 Å². The first-order valence-corrected chi connectivity index (χ1v) is 6.72. The number of rotatable bonds is 5. The molecule has 0 aliphatic carbocycles. The lowest BCUT2D eigenvalue weighted by molar-refractivity contribution is 0.314. The second-order valence-corrected chi connectivity index (χ2v) is 4.48. The van der Waals surface area contributed by atoms with Gasteiger partial charge in [0.25, 0.3) is 0 Å². The second kappa shape index (κ2) is 8.46. The summed E-state index contributed by atoms with van der Waals surface area (Å²) >= 11 is 0. The fourth-order valence-corrected chi connectivity index (χ4v) is 1.03. The first kappa shape index (κ1) is 17.4. The standard InChI is InChI=1S/C10H14N2O.CH4O4S/c1-2-7-13-9-6-4-3-5-8(9)10(11)12;1-5-6(2,3)4/h3-6H,2,7H2,1H3,(H3,11,12);1H3,(H,2,3,4)/p-1. The van der Waals surface area contributed by atoms with Crippen LogP contribution in [-0.2, 0) is 14.6 Å². The fraction of sp³-hybridized carbons (Fsp3) is 0.364. The summed E-state index contributed by atoms with van der Waals surface area (Å²) in [5.74, 6) is 0.739. The van der Waals surface area contributed by atoms with Gasteiger partial charge < -0.3 is 15.0 Å². The largest absolute Gasteiger partial charge is 0.726 e. The van der Waals surface area contributed by atoms with Crippen LogP contribution in [0.3, 0.4) is 0 Å². The van der Waals surface area contributed by atoms with Crippen molar-refractivity contribution in [2.45, 2.75) is 13.3 Å². The van der Waals surface area contributed by atoms with Crippen molar-refractivity contribution < 1.29 is 21.9 Å². The molecule has 8 heteroatoms. The molecule has 1 rings (SSSR count). The molecular formula is C11H17N2O5S-. The number of benzene rings is 1. The number of hydrogen-bond acceptors (Lipinski definition) is 6. The van der Waals surface area contributed by atoms with Crippen LogP contribution in [0.15, 0.2) is 24.3 Å². The SMILES string of the molecule is CCCOc1ccccc1C(=N)N.COS(=O)(=O)[O-]. The highest BCUT2D eigenvalue weighted by atomic mass is 32.3. The maximum atomic E-state index is 9.22. The van der Waals surface area contributed by atoms with E-state index in [4.69, 9.17) is 15.9 Å². The zero-order chi connectivity index (χ0) is 14.9. The molecule has 7 nitrogen and oxygen atoms in total. The lowest BCUT2D eigenvalue weighted by Crippen LogP contribution is -2.13. The number of amidine groups is 1. The quantitative estimate of drug-likeness (QED) is 0.358. The van der Waals surface area contributed by atoms with E-state index in [9.17, 15) is 13.0 Å². The number of ether oxygens (including phenoxy) is 1. The van der Waals surface area contributed by atoms with Gasteiger partial charge in [-0.2, -0.15) is 0 Å². The monoisotopic (exact) mass is 289 g/mol. The minimum absolute atomic E-state index is 0.0479. The Labute approximate surface area is 112 Å². The summed E-state index contributed by atoms with van der Waals surface area (Å²) < 4.78 is 36.4. The summed E-state index contributed by atoms with van der Waals surface area (Å²) in [6, 6.07) is 7.33. The zero-order valence-electron chi connectivity index (χ0n) is 10.8. The summed E-state index contributed by atoms with van der Waals surface area (Å²) in [6.07, 6.45) is 0.951. The predicted molar refractivity (Wildman–Crippen MR) is 70.0 cm³/mol. The Morgan fingerprint density at radius 2 is 1.95 bits per heavy atom. The smallest absolute Gasteiger partial charge is 0.217 e. The van der Waals surface area contributed by atoms with Gasteiger partial charge in [0.05, 0.1) is 19.3 Å². The molecule has 0 atom stereocenters. The molecule has 0 radical (unpaired) electrons. The summed E-state index contributed by atoms with van der Waals surface area (Å²) in [4.78, 5) is 0. The summed E-state index contributed by atoms with van der Waals surface area (Å²) in [6.45, 7) is 2.70. The van der Waals surface area contributed by atoms with E-state index >= 15 is 0 Å². The van der Waals surface area contributed by atoms with Crippen LogP contribution in [0.2, 0.25) is 0 Å². The Balaban J connectivity index is 0.000000459. The van der Waals surface area contributed by atoms with E-state index < -0.39 is 10.4 Å². The van der Waals surface area contributed by atoms with Crippen LogP contribution < -0.4 is 10.5 Å². The normalized spacial score (nSPS) is 10.3. The first-order chi connectivity index (χ1) is 8.81. The van der Waals surface area contributed by atoms with Gasteiger partial charge >= 0.3 is 0 Å². The van der Waals surface area contributed by atoms with Crippen molar-refractivity contribution in [3.63, 3.8) is 0 Å². The molecule has 0 aliphatic heterocycles. The van der Waals surface area contributed by atoms with E-state index in [1.165, 1.54) is 0 Å². The van der Waals surface area contributed by atoms with E-state index in [1.807, 2.05) is 25.1 Å². The van der Waals surface area contributed by atoms with E-state index in [-0.39, 0.29) is 5.84 Å². The van der Waals surface area contributed by atoms with Crippen molar-refractivity contribution in [1.82, 2.24) is 0 Å². The Morgan fingerprint density at radius 1 is 1.42 bits per heavy atom. The number of hydrogen-bond donors (Lipinski definition) is 2. The van der Waals surface area contributed by atoms with Crippen LogP contribution in [0.1, 0.15) is 18.9 Å². The molecular weight excluding hydrogens is 272 g/mol. The molecule has 1 aromatic rings. The van der Waals surface area contributed by atoms with Crippen molar-refractivity contribution in [1.29, 1.82) is 5.41 Å². The molecule has 108 valence electrons. The molecule has 0 saturated carbocycles. The van der Waals surface area contributed by atoms with Gasteiger partial charge in [0.1, 0.15) is 11.6 Å². The first-order valence-electron chi connectivity index (χ1n) is 5.39. The second-order valence-electron chi connectivity index (χ2n) is 3.33. The number of nitrogens with two attached hydrogens (primary N) is 1. The molecule has 3 N–H and O–H groups in total. The number of nitrogen functional groups attached to an aromatic ring is 1. The topological polar surface area (TPSA) is 126 Å². The van der Waals surface area contributed by atoms with Crippen LogP contribution in [0, 0.1) is 5.41 Å². The van der Waals surface area contributed by atoms with Gasteiger partial charge in [-0.05, 0) is 18.6 Å². The van der Waals surface area contributed by atoms with Crippen LogP contribution >= 0.6 is 0 Å². The van der Waals surface area contributed by atoms with Crippen LogP contribution in [0.4, 0.5) is 0 Å². The molecule has 0 amide bonds. The van der Waals surface area contributed by atoms with Gasteiger partial charge in [-0.1, -0.05) is 19.1 Å². The third-order valence-corrected chi connectivity index (χ3v) is 2.25. The molecule has 0 saturated heterocycles. The zero-order valence-corrected chi connectivity index (χ0v) is 11.6. The molecule has 0 bridgehead atoms. The third-order valence-electron chi connectivity index (χ3n) is 1.84. The highest BCUT2D eigenvalue weighted by molar-refractivity contribution is 7.80. The maximum absolute atomic E-state index is 9.22. The average molecular weight is 289 g/mol. The molecule has 19 heavy (non-hydrogen) atoms. The van der Waals surface area contributed by atoms with E-state index in [2.05, 4.69) is 4.18 Å². The summed E-state index contributed by atoms with van der Waals surface area (Å²) in [5.41, 5.74) is 6.05. The van der Waals surface area contributed by atoms with Crippen molar-refractivity contribution in [3.8, 4) is 5.75 Å². The number of para-hydroxylation sites is 1. The van der Waals surface area contributed by atoms with Crippen molar-refractivity contribution >= 4 is 16.2 Å². The van der Waals surface area contributed by atoms with Crippen LogP contribution in [0.5, 0.6) is 5.75 Å². The maximum Gasteiger partial charge on any atom is 0.217 e. The minimum atomic E-state index is -4.41. The molecule has 0 aliphatic rings. The van der Waals surface area contributed by atoms with Gasteiger partial charge in [0.15, 0.2) is 0 Å². The van der Waals surface area contributed by atoms with Crippen molar-refractivity contribution in [2.75, 3.05) is 13.7 Å². The highest BCUT2D eigenvalue weighted by Gasteiger charge is 2.03.